The maximum atomic E-state index is 13.0. The van der Waals surface area contributed by atoms with Crippen LogP contribution < -0.4 is 9.47 Å². The molecule has 1 N–H and O–H groups in total. The maximum Gasteiger partial charge on any atom is 0.573 e. The average Bonchev–Trinajstić information content (AvgIpc) is 3.01. The van der Waals surface area contributed by atoms with Crippen molar-refractivity contribution in [1.82, 2.24) is 4.90 Å². The fourth-order valence-corrected chi connectivity index (χ4v) is 5.99. The van der Waals surface area contributed by atoms with Crippen LogP contribution in [0.4, 0.5) is 13.2 Å². The molecule has 5 atom stereocenters. The molecular weight excluding hydrogens is 455 g/mol. The Kier molecular flexibility index (Phi) is 6.47. The second-order valence-corrected chi connectivity index (χ2v) is 9.36. The Balaban J connectivity index is 1.58. The molecule has 0 amide bonds. The van der Waals surface area contributed by atoms with Crippen molar-refractivity contribution >= 4 is 0 Å². The van der Waals surface area contributed by atoms with E-state index in [1.165, 1.54) is 17.7 Å². The van der Waals surface area contributed by atoms with Crippen LogP contribution in [0.3, 0.4) is 0 Å². The zero-order chi connectivity index (χ0) is 24.6. The van der Waals surface area contributed by atoms with Crippen LogP contribution in [0, 0.1) is 0 Å². The average molecular weight is 484 g/mol. The van der Waals surface area contributed by atoms with Crippen LogP contribution in [-0.4, -0.2) is 41.7 Å². The molecule has 3 aromatic carbocycles. The summed E-state index contributed by atoms with van der Waals surface area (Å²) >= 11 is 0. The smallest absolute Gasteiger partial charge is 0.497 e. The highest BCUT2D eigenvalue weighted by molar-refractivity contribution is 5.41. The molecule has 2 aliphatic heterocycles. The number of fused-ring (bicyclic) bond motifs is 2. The molecule has 3 aromatic rings. The third kappa shape index (κ3) is 5.02. The van der Waals surface area contributed by atoms with E-state index in [2.05, 4.69) is 21.8 Å². The quantitative estimate of drug-likeness (QED) is 0.476. The Morgan fingerprint density at radius 1 is 0.829 bits per heavy atom. The molecule has 2 fully saturated rings. The Morgan fingerprint density at radius 2 is 1.49 bits per heavy atom. The molecule has 184 valence electrons. The summed E-state index contributed by atoms with van der Waals surface area (Å²) < 4.78 is 48.5. The van der Waals surface area contributed by atoms with E-state index in [1.807, 2.05) is 48.5 Å². The minimum Gasteiger partial charge on any atom is -0.497 e. The molecule has 0 saturated carbocycles. The first-order valence-corrected chi connectivity index (χ1v) is 11.8. The fraction of sp³-hybridized carbons (Fsp3) is 0.357. The number of methoxy groups -OCH3 is 1. The van der Waals surface area contributed by atoms with E-state index >= 15 is 0 Å². The van der Waals surface area contributed by atoms with Gasteiger partial charge in [0, 0.05) is 30.5 Å². The van der Waals surface area contributed by atoms with Crippen molar-refractivity contribution in [3.8, 4) is 11.5 Å². The topological polar surface area (TPSA) is 41.9 Å². The molecule has 0 aliphatic carbocycles. The largest absolute Gasteiger partial charge is 0.573 e. The predicted octanol–water partition coefficient (Wildman–Crippen LogP) is 5.87. The lowest BCUT2D eigenvalue weighted by Crippen LogP contribution is -2.45. The summed E-state index contributed by atoms with van der Waals surface area (Å²) in [5.74, 6) is 0.409. The SMILES string of the molecule is COc1ccc([C@@H]2[C@H](c3cccc(OC(F)(F)F)c3)[C@H]3C[C@@H](O)C[C@@H]2N3Cc2ccccc2)cc1. The molecule has 0 radical (unpaired) electrons. The van der Waals surface area contributed by atoms with Crippen LogP contribution in [0.5, 0.6) is 11.5 Å². The lowest BCUT2D eigenvalue weighted by molar-refractivity contribution is -0.274. The molecule has 2 aliphatic rings. The molecule has 7 heteroatoms. The molecule has 4 nitrogen and oxygen atoms in total. The van der Waals surface area contributed by atoms with Gasteiger partial charge in [0.1, 0.15) is 11.5 Å². The van der Waals surface area contributed by atoms with Gasteiger partial charge in [0.2, 0.25) is 0 Å². The molecule has 2 bridgehead atoms. The number of benzene rings is 3. The molecule has 0 aromatic heterocycles. The van der Waals surface area contributed by atoms with Crippen molar-refractivity contribution in [2.75, 3.05) is 7.11 Å². The molecule has 0 spiro atoms. The number of alkyl halides is 3. The lowest BCUT2D eigenvalue weighted by Gasteiger charge is -2.38. The number of hydrogen-bond donors (Lipinski definition) is 1. The zero-order valence-electron chi connectivity index (χ0n) is 19.4. The van der Waals surface area contributed by atoms with Gasteiger partial charge < -0.3 is 14.6 Å². The van der Waals surface area contributed by atoms with E-state index in [0.29, 0.717) is 19.4 Å². The van der Waals surface area contributed by atoms with Crippen molar-refractivity contribution in [2.45, 2.75) is 55.8 Å². The van der Waals surface area contributed by atoms with E-state index in [9.17, 15) is 18.3 Å². The minimum absolute atomic E-state index is 0.00657. The summed E-state index contributed by atoms with van der Waals surface area (Å²) in [6.07, 6.45) is -4.05. The van der Waals surface area contributed by atoms with Crippen LogP contribution >= 0.6 is 0 Å². The van der Waals surface area contributed by atoms with Gasteiger partial charge in [-0.15, -0.1) is 13.2 Å². The number of halogens is 3. The van der Waals surface area contributed by atoms with Gasteiger partial charge in [-0.2, -0.15) is 0 Å². The molecule has 35 heavy (non-hydrogen) atoms. The Hall–Kier alpha value is -3.03. The van der Waals surface area contributed by atoms with Gasteiger partial charge in [-0.3, -0.25) is 4.90 Å². The van der Waals surface area contributed by atoms with E-state index in [1.54, 1.807) is 13.2 Å². The number of nitrogens with zero attached hydrogens (tertiary/aromatic N) is 1. The normalized spacial score (nSPS) is 26.5. The highest BCUT2D eigenvalue weighted by Crippen LogP contribution is 2.54. The molecular formula is C28H28F3NO3. The van der Waals surface area contributed by atoms with Crippen LogP contribution in [0.2, 0.25) is 0 Å². The summed E-state index contributed by atoms with van der Waals surface area (Å²) in [7, 11) is 1.62. The molecule has 5 rings (SSSR count). The van der Waals surface area contributed by atoms with E-state index in [4.69, 9.17) is 4.74 Å². The van der Waals surface area contributed by atoms with Gasteiger partial charge in [0.25, 0.3) is 0 Å². The van der Waals surface area contributed by atoms with Crippen LogP contribution in [0.1, 0.15) is 41.4 Å². The van der Waals surface area contributed by atoms with Crippen molar-refractivity contribution in [3.63, 3.8) is 0 Å². The summed E-state index contributed by atoms with van der Waals surface area (Å²) in [6.45, 7) is 0.713. The number of ether oxygens (including phenoxy) is 2. The fourth-order valence-electron chi connectivity index (χ4n) is 5.99. The second kappa shape index (κ2) is 9.55. The van der Waals surface area contributed by atoms with Crippen LogP contribution in [0.25, 0.3) is 0 Å². The Labute approximate surface area is 202 Å². The van der Waals surface area contributed by atoms with Crippen molar-refractivity contribution in [2.24, 2.45) is 0 Å². The molecule has 0 unspecified atom stereocenters. The summed E-state index contributed by atoms with van der Waals surface area (Å²) in [5, 5.41) is 10.8. The van der Waals surface area contributed by atoms with Gasteiger partial charge in [0.15, 0.2) is 0 Å². The van der Waals surface area contributed by atoms with E-state index in [0.717, 1.165) is 16.9 Å². The lowest BCUT2D eigenvalue weighted by atomic mass is 9.78. The van der Waals surface area contributed by atoms with Gasteiger partial charge in [0.05, 0.1) is 13.2 Å². The molecule has 2 heterocycles. The first-order valence-electron chi connectivity index (χ1n) is 11.8. The van der Waals surface area contributed by atoms with Crippen LogP contribution in [0.15, 0.2) is 78.9 Å². The third-order valence-electron chi connectivity index (χ3n) is 7.28. The van der Waals surface area contributed by atoms with Crippen molar-refractivity contribution in [3.05, 3.63) is 95.6 Å². The van der Waals surface area contributed by atoms with Crippen molar-refractivity contribution < 1.29 is 27.8 Å². The number of aliphatic hydroxyl groups excluding tert-OH is 1. The van der Waals surface area contributed by atoms with Gasteiger partial charge in [-0.05, 0) is 53.8 Å². The van der Waals surface area contributed by atoms with Gasteiger partial charge >= 0.3 is 6.36 Å². The monoisotopic (exact) mass is 483 g/mol. The summed E-state index contributed by atoms with van der Waals surface area (Å²) in [5.41, 5.74) is 3.03. The standard InChI is InChI=1S/C28H28F3NO3/c1-34-22-12-10-19(11-13-22)26-24-15-21(33)16-25(32(24)17-18-6-3-2-4-7-18)27(26)20-8-5-9-23(14-20)35-28(29,30)31/h2-14,21,24-27,33H,15-17H2,1H3/t21-,24-,25+,26-,27+/m0/s1. The number of rotatable bonds is 6. The Morgan fingerprint density at radius 3 is 2.11 bits per heavy atom. The third-order valence-corrected chi connectivity index (χ3v) is 7.28. The summed E-state index contributed by atoms with van der Waals surface area (Å²) in [6, 6.07) is 24.4. The maximum absolute atomic E-state index is 13.0. The first-order chi connectivity index (χ1) is 16.8. The summed E-state index contributed by atoms with van der Waals surface area (Å²) in [4.78, 5) is 2.43. The number of hydrogen-bond acceptors (Lipinski definition) is 4. The van der Waals surface area contributed by atoms with Gasteiger partial charge in [-0.25, -0.2) is 0 Å². The second-order valence-electron chi connectivity index (χ2n) is 9.36. The number of piperidine rings is 1. The minimum atomic E-state index is -4.75. The Bertz CT molecular complexity index is 1140. The van der Waals surface area contributed by atoms with Crippen molar-refractivity contribution in [1.29, 1.82) is 0 Å². The number of aliphatic hydroxyl groups is 1. The zero-order valence-corrected chi connectivity index (χ0v) is 19.4. The first kappa shape index (κ1) is 23.7. The van der Waals surface area contributed by atoms with E-state index < -0.39 is 12.5 Å². The predicted molar refractivity (Wildman–Crippen MR) is 126 cm³/mol. The highest BCUT2D eigenvalue weighted by atomic mass is 19.4. The van der Waals surface area contributed by atoms with E-state index in [-0.39, 0.29) is 29.7 Å². The van der Waals surface area contributed by atoms with Gasteiger partial charge in [-0.1, -0.05) is 54.6 Å². The molecule has 2 saturated heterocycles. The van der Waals surface area contributed by atoms with Crippen LogP contribution in [-0.2, 0) is 6.54 Å². The highest BCUT2D eigenvalue weighted by Gasteiger charge is 2.53.